The van der Waals surface area contributed by atoms with Gasteiger partial charge in [0.1, 0.15) is 0 Å². The predicted molar refractivity (Wildman–Crippen MR) is 71.1 cm³/mol. The third-order valence-corrected chi connectivity index (χ3v) is 3.13. The van der Waals surface area contributed by atoms with E-state index in [1.165, 1.54) is 0 Å². The number of carbonyl (C=O) groups excluding carboxylic acids is 1. The first-order chi connectivity index (χ1) is 8.18. The fraction of sp³-hybridized carbons (Fsp3) is 0.143. The van der Waals surface area contributed by atoms with Gasteiger partial charge in [0.05, 0.1) is 11.6 Å². The van der Waals surface area contributed by atoms with Gasteiger partial charge in [0.2, 0.25) is 0 Å². The minimum Gasteiger partial charge on any atom is -0.293 e. The second kappa shape index (κ2) is 5.23. The molecule has 0 amide bonds. The molecule has 0 N–H and O–H groups in total. The Morgan fingerprint density at radius 1 is 1.24 bits per heavy atom. The fourth-order valence-electron chi connectivity index (χ4n) is 1.66. The molecule has 0 saturated carbocycles. The first kappa shape index (κ1) is 12.0. The van der Waals surface area contributed by atoms with Gasteiger partial charge in [-0.25, -0.2) is 0 Å². The zero-order valence-corrected chi connectivity index (χ0v) is 11.0. The maximum absolute atomic E-state index is 12.2. The highest BCUT2D eigenvalue weighted by Gasteiger charge is 2.17. The van der Waals surface area contributed by atoms with Crippen LogP contribution < -0.4 is 0 Å². The van der Waals surface area contributed by atoms with Gasteiger partial charge in [0, 0.05) is 16.2 Å². The summed E-state index contributed by atoms with van der Waals surface area (Å²) in [5.41, 5.74) is 1.51. The highest BCUT2D eigenvalue weighted by molar-refractivity contribution is 9.10. The van der Waals surface area contributed by atoms with Crippen molar-refractivity contribution in [2.24, 2.45) is 0 Å². The van der Waals surface area contributed by atoms with Crippen molar-refractivity contribution in [1.82, 2.24) is 4.98 Å². The van der Waals surface area contributed by atoms with Gasteiger partial charge < -0.3 is 0 Å². The average molecular weight is 290 g/mol. The summed E-state index contributed by atoms with van der Waals surface area (Å²) < 4.78 is 0.913. The highest BCUT2D eigenvalue weighted by Crippen LogP contribution is 2.20. The van der Waals surface area contributed by atoms with Gasteiger partial charge in [-0.2, -0.15) is 0 Å². The minimum atomic E-state index is -0.217. The van der Waals surface area contributed by atoms with Crippen molar-refractivity contribution >= 4 is 21.7 Å². The van der Waals surface area contributed by atoms with Crippen LogP contribution in [0.1, 0.15) is 28.9 Å². The number of carbonyl (C=O) groups is 1. The normalized spacial score (nSPS) is 12.1. The molecule has 3 heteroatoms. The molecule has 0 bridgehead atoms. The Balaban J connectivity index is 2.27. The number of aromatic nitrogens is 1. The maximum atomic E-state index is 12.2. The van der Waals surface area contributed by atoms with E-state index in [1.807, 2.05) is 49.4 Å². The number of hydrogen-bond acceptors (Lipinski definition) is 2. The van der Waals surface area contributed by atoms with E-state index in [2.05, 4.69) is 20.9 Å². The maximum Gasteiger partial charge on any atom is 0.171 e. The van der Waals surface area contributed by atoms with E-state index in [-0.39, 0.29) is 11.7 Å². The quantitative estimate of drug-likeness (QED) is 0.804. The predicted octanol–water partition coefficient (Wildman–Crippen LogP) is 3.83. The van der Waals surface area contributed by atoms with Crippen LogP contribution in [0.15, 0.2) is 53.1 Å². The van der Waals surface area contributed by atoms with Gasteiger partial charge in [-0.1, -0.05) is 34.1 Å². The summed E-state index contributed by atoms with van der Waals surface area (Å²) in [5, 5.41) is 0. The molecule has 0 radical (unpaired) electrons. The number of Topliss-reactive ketones (excluding diaryl/α,β-unsaturated/α-hetero) is 1. The van der Waals surface area contributed by atoms with Crippen molar-refractivity contribution in [3.8, 4) is 0 Å². The van der Waals surface area contributed by atoms with Crippen LogP contribution in [-0.2, 0) is 0 Å². The van der Waals surface area contributed by atoms with E-state index in [0.29, 0.717) is 5.56 Å². The van der Waals surface area contributed by atoms with Crippen LogP contribution in [-0.4, -0.2) is 10.8 Å². The Kier molecular flexibility index (Phi) is 3.69. The van der Waals surface area contributed by atoms with E-state index >= 15 is 0 Å². The number of benzene rings is 1. The van der Waals surface area contributed by atoms with Gasteiger partial charge in [-0.15, -0.1) is 0 Å². The van der Waals surface area contributed by atoms with Crippen LogP contribution in [0.25, 0.3) is 0 Å². The van der Waals surface area contributed by atoms with E-state index in [4.69, 9.17) is 0 Å². The third kappa shape index (κ3) is 2.80. The third-order valence-electron chi connectivity index (χ3n) is 2.63. The zero-order valence-electron chi connectivity index (χ0n) is 9.43. The number of pyridine rings is 1. The van der Waals surface area contributed by atoms with Gasteiger partial charge in [-0.05, 0) is 31.2 Å². The number of hydrogen-bond donors (Lipinski definition) is 0. The smallest absolute Gasteiger partial charge is 0.171 e. The van der Waals surface area contributed by atoms with Crippen LogP contribution in [0.5, 0.6) is 0 Å². The van der Waals surface area contributed by atoms with Gasteiger partial charge >= 0.3 is 0 Å². The van der Waals surface area contributed by atoms with Crippen LogP contribution in [0.3, 0.4) is 0 Å². The van der Waals surface area contributed by atoms with Crippen LogP contribution in [0.4, 0.5) is 0 Å². The molecule has 2 rings (SSSR count). The number of rotatable bonds is 3. The average Bonchev–Trinajstić information content (AvgIpc) is 2.38. The lowest BCUT2D eigenvalue weighted by Gasteiger charge is -2.09. The lowest BCUT2D eigenvalue weighted by atomic mass is 9.96. The van der Waals surface area contributed by atoms with E-state index in [9.17, 15) is 4.79 Å². The molecule has 0 aliphatic heterocycles. The molecule has 1 aromatic heterocycles. The molecule has 0 fully saturated rings. The molecule has 0 saturated heterocycles. The molecular formula is C14H12BrNO. The van der Waals surface area contributed by atoms with Crippen molar-refractivity contribution in [3.05, 3.63) is 64.4 Å². The van der Waals surface area contributed by atoms with Crippen LogP contribution in [0, 0.1) is 0 Å². The summed E-state index contributed by atoms with van der Waals surface area (Å²) in [4.78, 5) is 16.5. The van der Waals surface area contributed by atoms with E-state index in [1.54, 1.807) is 6.20 Å². The second-order valence-electron chi connectivity index (χ2n) is 3.85. The fourth-order valence-corrected chi connectivity index (χ4v) is 2.06. The standard InChI is InChI=1S/C14H12BrNO/c1-10(13-7-2-3-8-16-13)14(17)11-5-4-6-12(15)9-11/h2-10H,1H3. The Morgan fingerprint density at radius 2 is 2.06 bits per heavy atom. The number of nitrogens with zero attached hydrogens (tertiary/aromatic N) is 1. The number of halogens is 1. The first-order valence-corrected chi connectivity index (χ1v) is 6.18. The van der Waals surface area contributed by atoms with Crippen LogP contribution >= 0.6 is 15.9 Å². The zero-order chi connectivity index (χ0) is 12.3. The van der Waals surface area contributed by atoms with Crippen molar-refractivity contribution in [3.63, 3.8) is 0 Å². The summed E-state index contributed by atoms with van der Waals surface area (Å²) in [6.07, 6.45) is 1.71. The Hall–Kier alpha value is -1.48. The van der Waals surface area contributed by atoms with Crippen LogP contribution in [0.2, 0.25) is 0 Å². The molecule has 0 aliphatic rings. The van der Waals surface area contributed by atoms with Crippen molar-refractivity contribution in [2.45, 2.75) is 12.8 Å². The van der Waals surface area contributed by atoms with E-state index in [0.717, 1.165) is 10.2 Å². The number of ketones is 1. The van der Waals surface area contributed by atoms with Crippen molar-refractivity contribution < 1.29 is 4.79 Å². The summed E-state index contributed by atoms with van der Waals surface area (Å²) in [5.74, 6) is -0.129. The molecule has 1 atom stereocenters. The van der Waals surface area contributed by atoms with Gasteiger partial charge in [0.15, 0.2) is 5.78 Å². The first-order valence-electron chi connectivity index (χ1n) is 5.39. The topological polar surface area (TPSA) is 30.0 Å². The monoisotopic (exact) mass is 289 g/mol. The lowest BCUT2D eigenvalue weighted by Crippen LogP contribution is -2.10. The summed E-state index contributed by atoms with van der Waals surface area (Å²) in [7, 11) is 0. The summed E-state index contributed by atoms with van der Waals surface area (Å²) >= 11 is 3.37. The van der Waals surface area contributed by atoms with Gasteiger partial charge in [0.25, 0.3) is 0 Å². The molecule has 86 valence electrons. The molecule has 2 aromatic rings. The van der Waals surface area contributed by atoms with Crippen molar-refractivity contribution in [2.75, 3.05) is 0 Å². The Bertz CT molecular complexity index is 525. The molecule has 1 unspecified atom stereocenters. The molecule has 17 heavy (non-hydrogen) atoms. The molecular weight excluding hydrogens is 278 g/mol. The largest absolute Gasteiger partial charge is 0.293 e. The molecule has 0 spiro atoms. The highest BCUT2D eigenvalue weighted by atomic mass is 79.9. The second-order valence-corrected chi connectivity index (χ2v) is 4.77. The SMILES string of the molecule is CC(C(=O)c1cccc(Br)c1)c1ccccn1. The minimum absolute atomic E-state index is 0.0880. The molecule has 1 heterocycles. The molecule has 1 aromatic carbocycles. The van der Waals surface area contributed by atoms with Crippen molar-refractivity contribution in [1.29, 1.82) is 0 Å². The van der Waals surface area contributed by atoms with E-state index < -0.39 is 0 Å². The summed E-state index contributed by atoms with van der Waals surface area (Å²) in [6, 6.07) is 13.0. The molecule has 0 aliphatic carbocycles. The summed E-state index contributed by atoms with van der Waals surface area (Å²) in [6.45, 7) is 1.88. The van der Waals surface area contributed by atoms with Gasteiger partial charge in [-0.3, -0.25) is 9.78 Å². The Labute approximate surface area is 109 Å². The Morgan fingerprint density at radius 3 is 2.71 bits per heavy atom. The lowest BCUT2D eigenvalue weighted by molar-refractivity contribution is 0.0964. The molecule has 2 nitrogen and oxygen atoms in total.